The standard InChI is InChI=1S/C38H30O11S/c1-46-35(40)28-16-12-25(13-17-28)31-20-32(26-10-8-24(9-11-26)22-48-23-39)34(33(21-31)27-14-18-29(19-15-27)36(41)47-2)37(42)49-38(50(43,44)45)30-6-4-3-5-7-30/h3-21,23,38H,22H2,1-2H3,(H,43,44,45)/p-1. The second kappa shape index (κ2) is 15.4. The van der Waals surface area contributed by atoms with Crippen LogP contribution in [0.1, 0.15) is 47.6 Å². The van der Waals surface area contributed by atoms with E-state index in [1.54, 1.807) is 78.9 Å². The molecule has 0 fully saturated rings. The fourth-order valence-electron chi connectivity index (χ4n) is 5.28. The first-order valence-electron chi connectivity index (χ1n) is 14.9. The van der Waals surface area contributed by atoms with Gasteiger partial charge >= 0.3 is 17.9 Å². The van der Waals surface area contributed by atoms with Crippen molar-refractivity contribution in [2.45, 2.75) is 12.0 Å². The SMILES string of the molecule is COC(=O)c1ccc(-c2cc(-c3ccc(COC=O)cc3)c(C(=O)OC(c3ccccc3)S(=O)(=O)[O-])c(-c3ccc(C(=O)OC)cc3)c2)cc1. The van der Waals surface area contributed by atoms with E-state index in [2.05, 4.69) is 0 Å². The first kappa shape index (κ1) is 35.2. The van der Waals surface area contributed by atoms with Crippen molar-refractivity contribution in [3.8, 4) is 33.4 Å². The first-order valence-corrected chi connectivity index (χ1v) is 16.4. The molecule has 0 heterocycles. The Morgan fingerprint density at radius 1 is 0.660 bits per heavy atom. The average molecular weight is 694 g/mol. The Bertz CT molecular complexity index is 2130. The molecule has 5 rings (SSSR count). The minimum Gasteiger partial charge on any atom is -0.745 e. The summed E-state index contributed by atoms with van der Waals surface area (Å²) >= 11 is 0. The van der Waals surface area contributed by atoms with Gasteiger partial charge in [0.1, 0.15) is 16.7 Å². The van der Waals surface area contributed by atoms with E-state index in [1.807, 2.05) is 0 Å². The molecular weight excluding hydrogens is 664 g/mol. The normalized spacial score (nSPS) is 11.6. The van der Waals surface area contributed by atoms with E-state index in [9.17, 15) is 32.1 Å². The largest absolute Gasteiger partial charge is 0.745 e. The van der Waals surface area contributed by atoms with Crippen LogP contribution in [0.3, 0.4) is 0 Å². The summed E-state index contributed by atoms with van der Waals surface area (Å²) in [5, 5.41) is 0. The molecule has 50 heavy (non-hydrogen) atoms. The molecule has 1 atom stereocenters. The number of rotatable bonds is 12. The van der Waals surface area contributed by atoms with Crippen LogP contribution in [-0.2, 0) is 40.5 Å². The Balaban J connectivity index is 1.76. The first-order chi connectivity index (χ1) is 24.0. The molecule has 12 heteroatoms. The van der Waals surface area contributed by atoms with Gasteiger partial charge < -0.3 is 23.5 Å². The smallest absolute Gasteiger partial charge is 0.340 e. The zero-order valence-corrected chi connectivity index (χ0v) is 27.5. The zero-order valence-electron chi connectivity index (χ0n) is 26.7. The van der Waals surface area contributed by atoms with Gasteiger partial charge in [-0.25, -0.2) is 22.8 Å². The van der Waals surface area contributed by atoms with E-state index in [0.717, 1.165) is 0 Å². The van der Waals surface area contributed by atoms with E-state index >= 15 is 0 Å². The lowest BCUT2D eigenvalue weighted by molar-refractivity contribution is -0.129. The van der Waals surface area contributed by atoms with E-state index in [1.165, 1.54) is 50.6 Å². The maximum absolute atomic E-state index is 14.3. The molecule has 0 radical (unpaired) electrons. The van der Waals surface area contributed by atoms with Crippen molar-refractivity contribution in [1.82, 2.24) is 0 Å². The van der Waals surface area contributed by atoms with Gasteiger partial charge in [0.25, 0.3) is 6.47 Å². The van der Waals surface area contributed by atoms with Crippen LogP contribution in [0.2, 0.25) is 0 Å². The Labute approximate surface area is 287 Å². The van der Waals surface area contributed by atoms with Gasteiger partial charge in [-0.15, -0.1) is 0 Å². The van der Waals surface area contributed by atoms with Crippen LogP contribution >= 0.6 is 0 Å². The van der Waals surface area contributed by atoms with Crippen LogP contribution in [-0.4, -0.2) is 51.6 Å². The van der Waals surface area contributed by atoms with Gasteiger partial charge in [-0.1, -0.05) is 78.9 Å². The highest BCUT2D eigenvalue weighted by atomic mass is 32.2. The molecule has 254 valence electrons. The number of esters is 3. The molecule has 0 aliphatic carbocycles. The third-order valence-electron chi connectivity index (χ3n) is 7.73. The summed E-state index contributed by atoms with van der Waals surface area (Å²) in [4.78, 5) is 49.4. The topological polar surface area (TPSA) is 162 Å². The van der Waals surface area contributed by atoms with Crippen molar-refractivity contribution >= 4 is 34.5 Å². The average Bonchev–Trinajstić information content (AvgIpc) is 3.15. The van der Waals surface area contributed by atoms with Gasteiger partial charge in [0, 0.05) is 5.56 Å². The van der Waals surface area contributed by atoms with Crippen molar-refractivity contribution in [2.75, 3.05) is 14.2 Å². The van der Waals surface area contributed by atoms with Gasteiger partial charge in [0.05, 0.1) is 30.9 Å². The van der Waals surface area contributed by atoms with Crippen molar-refractivity contribution in [1.29, 1.82) is 0 Å². The number of hydrogen-bond donors (Lipinski definition) is 0. The highest BCUT2D eigenvalue weighted by Gasteiger charge is 2.29. The molecule has 0 N–H and O–H groups in total. The molecule has 0 bridgehead atoms. The van der Waals surface area contributed by atoms with Crippen LogP contribution in [0.25, 0.3) is 33.4 Å². The van der Waals surface area contributed by atoms with E-state index in [-0.39, 0.29) is 28.9 Å². The Kier molecular flexibility index (Phi) is 10.8. The van der Waals surface area contributed by atoms with Crippen LogP contribution in [0.15, 0.2) is 115 Å². The van der Waals surface area contributed by atoms with Gasteiger partial charge in [0.2, 0.25) is 5.44 Å². The number of benzene rings is 5. The molecule has 0 aliphatic heterocycles. The molecule has 0 saturated heterocycles. The monoisotopic (exact) mass is 693 g/mol. The Hall–Kier alpha value is -6.11. The minimum atomic E-state index is -5.20. The van der Waals surface area contributed by atoms with Crippen molar-refractivity contribution in [3.05, 3.63) is 143 Å². The highest BCUT2D eigenvalue weighted by molar-refractivity contribution is 7.85. The van der Waals surface area contributed by atoms with E-state index in [4.69, 9.17) is 18.9 Å². The van der Waals surface area contributed by atoms with Crippen LogP contribution in [0, 0.1) is 0 Å². The molecule has 0 saturated carbocycles. The number of carbonyl (C=O) groups is 4. The lowest BCUT2D eigenvalue weighted by atomic mass is 9.87. The number of ether oxygens (including phenoxy) is 4. The van der Waals surface area contributed by atoms with Crippen molar-refractivity contribution < 1.29 is 51.1 Å². The molecule has 0 aromatic heterocycles. The number of carbonyl (C=O) groups excluding carboxylic acids is 4. The highest BCUT2D eigenvalue weighted by Crippen LogP contribution is 2.39. The van der Waals surface area contributed by atoms with Crippen molar-refractivity contribution in [2.24, 2.45) is 0 Å². The summed E-state index contributed by atoms with van der Waals surface area (Å²) in [7, 11) is -2.68. The zero-order chi connectivity index (χ0) is 35.8. The van der Waals surface area contributed by atoms with Gasteiger partial charge in [-0.3, -0.25) is 4.79 Å². The molecular formula is C38H29O11S-. The van der Waals surface area contributed by atoms with Crippen LogP contribution in [0.5, 0.6) is 0 Å². The predicted octanol–water partition coefficient (Wildman–Crippen LogP) is 6.33. The predicted molar refractivity (Wildman–Crippen MR) is 181 cm³/mol. The Morgan fingerprint density at radius 2 is 1.14 bits per heavy atom. The summed E-state index contributed by atoms with van der Waals surface area (Å²) in [5.74, 6) is -2.22. The minimum absolute atomic E-state index is 0.00314. The molecule has 0 amide bonds. The summed E-state index contributed by atoms with van der Waals surface area (Å²) in [6.07, 6.45) is 0. The fraction of sp³-hybridized carbons (Fsp3) is 0.105. The number of hydrogen-bond acceptors (Lipinski definition) is 11. The van der Waals surface area contributed by atoms with Crippen LogP contribution in [0.4, 0.5) is 0 Å². The third-order valence-corrected chi connectivity index (χ3v) is 8.62. The summed E-state index contributed by atoms with van der Waals surface area (Å²) < 4.78 is 57.4. The second-order valence-corrected chi connectivity index (χ2v) is 12.2. The molecule has 0 spiro atoms. The summed E-state index contributed by atoms with van der Waals surface area (Å²) in [5.41, 5.74) is 1.68. The summed E-state index contributed by atoms with van der Waals surface area (Å²) in [6, 6.07) is 30.2. The van der Waals surface area contributed by atoms with Gasteiger partial charge in [-0.05, 0) is 75.3 Å². The van der Waals surface area contributed by atoms with Gasteiger partial charge in [0.15, 0.2) is 0 Å². The lowest BCUT2D eigenvalue weighted by Crippen LogP contribution is -2.21. The summed E-state index contributed by atoms with van der Waals surface area (Å²) in [6.45, 7) is 0.325. The van der Waals surface area contributed by atoms with E-state index < -0.39 is 33.5 Å². The molecule has 0 aliphatic rings. The lowest BCUT2D eigenvalue weighted by Gasteiger charge is -2.24. The van der Waals surface area contributed by atoms with E-state index in [0.29, 0.717) is 45.4 Å². The van der Waals surface area contributed by atoms with Crippen molar-refractivity contribution in [3.63, 3.8) is 0 Å². The maximum atomic E-state index is 14.3. The molecule has 11 nitrogen and oxygen atoms in total. The quantitative estimate of drug-likeness (QED) is 0.0621. The third kappa shape index (κ3) is 7.95. The number of methoxy groups -OCH3 is 2. The van der Waals surface area contributed by atoms with Gasteiger partial charge in [-0.2, -0.15) is 0 Å². The molecule has 5 aromatic rings. The van der Waals surface area contributed by atoms with Crippen LogP contribution < -0.4 is 0 Å². The molecule has 5 aromatic carbocycles. The second-order valence-electron chi connectivity index (χ2n) is 10.8. The fourth-order valence-corrected chi connectivity index (χ4v) is 5.97. The molecule has 1 unspecified atom stereocenters. The maximum Gasteiger partial charge on any atom is 0.340 e. The Morgan fingerprint density at radius 3 is 1.60 bits per heavy atom.